The molecule has 0 spiro atoms. The lowest BCUT2D eigenvalue weighted by Gasteiger charge is -2.35. The quantitative estimate of drug-likeness (QED) is 0.780. The molecule has 2 N–H and O–H groups in total. The molecule has 2 saturated heterocycles. The molecule has 0 atom stereocenters. The molecule has 0 saturated carbocycles. The summed E-state index contributed by atoms with van der Waals surface area (Å²) in [5, 5.41) is 6.60. The fourth-order valence-electron chi connectivity index (χ4n) is 3.98. The van der Waals surface area contributed by atoms with E-state index in [4.69, 9.17) is 4.42 Å². The molecule has 1 amide bonds. The number of nitrogens with one attached hydrogen (secondary N) is 2. The van der Waals surface area contributed by atoms with E-state index >= 15 is 0 Å². The Labute approximate surface area is 178 Å². The number of benzene rings is 1. The van der Waals surface area contributed by atoms with Crippen LogP contribution >= 0.6 is 24.8 Å². The molecule has 3 heterocycles. The van der Waals surface area contributed by atoms with E-state index in [1.807, 2.05) is 24.3 Å². The molecule has 0 aliphatic carbocycles. The summed E-state index contributed by atoms with van der Waals surface area (Å²) in [6, 6.07) is 8.49. The van der Waals surface area contributed by atoms with Gasteiger partial charge in [0, 0.05) is 25.6 Å². The van der Waals surface area contributed by atoms with E-state index in [1.54, 1.807) is 0 Å². The molecule has 0 bridgehead atoms. The molecule has 28 heavy (non-hydrogen) atoms. The molecular weight excluding hydrogens is 399 g/mol. The highest BCUT2D eigenvalue weighted by molar-refractivity contribution is 5.85. The molecule has 1 aromatic heterocycles. The average Bonchev–Trinajstić information content (AvgIpc) is 3.11. The van der Waals surface area contributed by atoms with Gasteiger partial charge in [-0.05, 0) is 56.3 Å². The molecule has 2 fully saturated rings. The third kappa shape index (κ3) is 5.10. The van der Waals surface area contributed by atoms with Crippen LogP contribution in [-0.4, -0.2) is 43.6 Å². The van der Waals surface area contributed by atoms with Gasteiger partial charge in [0.25, 0.3) is 6.01 Å². The number of nitrogens with zero attached hydrogens (tertiary/aromatic N) is 2. The third-order valence-electron chi connectivity index (χ3n) is 5.92. The number of carbonyl (C=O) groups excluding carboxylic acids is 1. The van der Waals surface area contributed by atoms with E-state index in [0.717, 1.165) is 69.5 Å². The van der Waals surface area contributed by atoms with Gasteiger partial charge in [0.2, 0.25) is 5.91 Å². The van der Waals surface area contributed by atoms with Crippen LogP contribution < -0.4 is 15.5 Å². The third-order valence-corrected chi connectivity index (χ3v) is 5.92. The lowest BCUT2D eigenvalue weighted by molar-refractivity contribution is -0.126. The highest BCUT2D eigenvalue weighted by atomic mass is 35.5. The van der Waals surface area contributed by atoms with Crippen LogP contribution in [0.4, 0.5) is 6.01 Å². The van der Waals surface area contributed by atoms with Gasteiger partial charge in [0.05, 0.1) is 0 Å². The van der Waals surface area contributed by atoms with E-state index in [0.29, 0.717) is 6.01 Å². The zero-order valence-corrected chi connectivity index (χ0v) is 17.9. The zero-order valence-electron chi connectivity index (χ0n) is 16.3. The molecule has 2 aromatic rings. The number of halogens is 2. The molecule has 8 heteroatoms. The summed E-state index contributed by atoms with van der Waals surface area (Å²) in [5.74, 6) is 0.308. The molecule has 2 aliphatic heterocycles. The number of aromatic nitrogens is 1. The smallest absolute Gasteiger partial charge is 0.298 e. The van der Waals surface area contributed by atoms with Gasteiger partial charge in [-0.25, -0.2) is 0 Å². The Morgan fingerprint density at radius 3 is 2.61 bits per heavy atom. The number of carbonyl (C=O) groups is 1. The van der Waals surface area contributed by atoms with Gasteiger partial charge in [-0.3, -0.25) is 4.79 Å². The van der Waals surface area contributed by atoms with Crippen molar-refractivity contribution in [2.75, 3.05) is 37.6 Å². The second-order valence-electron chi connectivity index (χ2n) is 8.00. The van der Waals surface area contributed by atoms with E-state index < -0.39 is 0 Å². The predicted molar refractivity (Wildman–Crippen MR) is 117 cm³/mol. The number of hydrogen-bond acceptors (Lipinski definition) is 5. The van der Waals surface area contributed by atoms with Crippen molar-refractivity contribution in [1.82, 2.24) is 15.6 Å². The first-order valence-corrected chi connectivity index (χ1v) is 9.72. The number of amides is 1. The van der Waals surface area contributed by atoms with Gasteiger partial charge in [-0.15, -0.1) is 24.8 Å². The molecule has 6 nitrogen and oxygen atoms in total. The van der Waals surface area contributed by atoms with Crippen molar-refractivity contribution in [3.05, 3.63) is 24.3 Å². The number of oxazole rings is 1. The minimum Gasteiger partial charge on any atom is -0.423 e. The molecular formula is C20H30Cl2N4O2. The first-order valence-electron chi connectivity index (χ1n) is 9.72. The first-order chi connectivity index (χ1) is 12.6. The van der Waals surface area contributed by atoms with Gasteiger partial charge < -0.3 is 20.0 Å². The van der Waals surface area contributed by atoms with Crippen molar-refractivity contribution < 1.29 is 9.21 Å². The maximum absolute atomic E-state index is 12.6. The molecule has 156 valence electrons. The topological polar surface area (TPSA) is 70.4 Å². The predicted octanol–water partition coefficient (Wildman–Crippen LogP) is 3.39. The minimum absolute atomic E-state index is 0. The van der Waals surface area contributed by atoms with Gasteiger partial charge in [-0.2, -0.15) is 4.98 Å². The molecule has 4 rings (SSSR count). The molecule has 0 unspecified atom stereocenters. The van der Waals surface area contributed by atoms with Crippen molar-refractivity contribution in [2.24, 2.45) is 11.3 Å². The van der Waals surface area contributed by atoms with Crippen molar-refractivity contribution in [3.63, 3.8) is 0 Å². The lowest BCUT2D eigenvalue weighted by atomic mass is 9.81. The summed E-state index contributed by atoms with van der Waals surface area (Å²) in [6.07, 6.45) is 3.96. The van der Waals surface area contributed by atoms with E-state index in [1.165, 1.54) is 0 Å². The standard InChI is InChI=1S/C20H28N4O2.2ClH/c1-20(8-10-21-11-9-20)14-22-18(25)15-6-12-24(13-7-15)19-23-16-4-2-3-5-17(16)26-19;;/h2-5,15,21H,6-14H2,1H3,(H,22,25);2*1H. The normalized spacial score (nSPS) is 19.5. The van der Waals surface area contributed by atoms with Crippen LogP contribution in [0.25, 0.3) is 11.1 Å². The molecule has 0 radical (unpaired) electrons. The van der Waals surface area contributed by atoms with E-state index in [9.17, 15) is 4.79 Å². The zero-order chi connectivity index (χ0) is 18.0. The molecule has 2 aliphatic rings. The van der Waals surface area contributed by atoms with Gasteiger partial charge in [-0.1, -0.05) is 19.1 Å². The Hall–Kier alpha value is -1.50. The second-order valence-corrected chi connectivity index (χ2v) is 8.00. The number of anilines is 1. The summed E-state index contributed by atoms with van der Waals surface area (Å²) < 4.78 is 5.85. The van der Waals surface area contributed by atoms with Crippen LogP contribution in [0.5, 0.6) is 0 Å². The van der Waals surface area contributed by atoms with Crippen LogP contribution in [-0.2, 0) is 4.79 Å². The summed E-state index contributed by atoms with van der Waals surface area (Å²) in [4.78, 5) is 19.3. The fraction of sp³-hybridized carbons (Fsp3) is 0.600. The maximum atomic E-state index is 12.6. The highest BCUT2D eigenvalue weighted by Gasteiger charge is 2.30. The SMILES string of the molecule is CC1(CNC(=O)C2CCN(c3nc4ccccc4o3)CC2)CCNCC1.Cl.Cl. The summed E-state index contributed by atoms with van der Waals surface area (Å²) in [7, 11) is 0. The Kier molecular flexibility index (Phi) is 7.98. The summed E-state index contributed by atoms with van der Waals surface area (Å²) >= 11 is 0. The van der Waals surface area contributed by atoms with Crippen LogP contribution in [0.15, 0.2) is 28.7 Å². The first kappa shape index (κ1) is 22.8. The van der Waals surface area contributed by atoms with Crippen LogP contribution in [0.1, 0.15) is 32.6 Å². The Morgan fingerprint density at radius 1 is 1.25 bits per heavy atom. The van der Waals surface area contributed by atoms with Gasteiger partial charge in [0.15, 0.2) is 5.58 Å². The Balaban J connectivity index is 0.00000140. The number of fused-ring (bicyclic) bond motifs is 1. The fourth-order valence-corrected chi connectivity index (χ4v) is 3.98. The number of hydrogen-bond donors (Lipinski definition) is 2. The summed E-state index contributed by atoms with van der Waals surface area (Å²) in [6.45, 7) is 6.80. The monoisotopic (exact) mass is 428 g/mol. The maximum Gasteiger partial charge on any atom is 0.298 e. The van der Waals surface area contributed by atoms with Gasteiger partial charge in [0.1, 0.15) is 5.52 Å². The molecule has 1 aromatic carbocycles. The Morgan fingerprint density at radius 2 is 1.93 bits per heavy atom. The average molecular weight is 429 g/mol. The minimum atomic E-state index is 0. The highest BCUT2D eigenvalue weighted by Crippen LogP contribution is 2.28. The van der Waals surface area contributed by atoms with E-state index in [-0.39, 0.29) is 42.1 Å². The van der Waals surface area contributed by atoms with E-state index in [2.05, 4.69) is 27.4 Å². The summed E-state index contributed by atoms with van der Waals surface area (Å²) in [5.41, 5.74) is 1.94. The Bertz CT molecular complexity index is 735. The second kappa shape index (κ2) is 9.81. The van der Waals surface area contributed by atoms with Crippen molar-refractivity contribution in [1.29, 1.82) is 0 Å². The largest absolute Gasteiger partial charge is 0.423 e. The van der Waals surface area contributed by atoms with Crippen LogP contribution in [0.3, 0.4) is 0 Å². The van der Waals surface area contributed by atoms with Crippen LogP contribution in [0.2, 0.25) is 0 Å². The number of piperidine rings is 2. The lowest BCUT2D eigenvalue weighted by Crippen LogP contribution is -2.46. The van der Waals surface area contributed by atoms with Crippen LogP contribution in [0, 0.1) is 11.3 Å². The van der Waals surface area contributed by atoms with Gasteiger partial charge >= 0.3 is 0 Å². The van der Waals surface area contributed by atoms with Crippen molar-refractivity contribution >= 4 is 47.8 Å². The van der Waals surface area contributed by atoms with Crippen molar-refractivity contribution in [2.45, 2.75) is 32.6 Å². The number of para-hydroxylation sites is 2. The number of rotatable bonds is 4. The van der Waals surface area contributed by atoms with Crippen molar-refractivity contribution in [3.8, 4) is 0 Å².